The molecule has 3 aromatic carbocycles. The summed E-state index contributed by atoms with van der Waals surface area (Å²) in [6, 6.07) is 8.00. The first-order valence-corrected chi connectivity index (χ1v) is 12.5. The SMILES string of the molecule is NCCS1(OC(=O)c2cc(O)c(O)c(O)c2)c2cc(O)cc(O)c2C[C@H](O)[C@@H]1c1ccc(O)c(O)c1. The predicted molar refractivity (Wildman–Crippen MR) is 129 cm³/mol. The molecule has 3 atom stereocenters. The molecule has 0 aromatic heterocycles. The Bertz CT molecular complexity index is 1320. The summed E-state index contributed by atoms with van der Waals surface area (Å²) in [5.74, 6) is -5.04. The molecule has 0 spiro atoms. The largest absolute Gasteiger partial charge is 0.508 e. The summed E-state index contributed by atoms with van der Waals surface area (Å²) in [4.78, 5) is 13.6. The van der Waals surface area contributed by atoms with Gasteiger partial charge in [0.25, 0.3) is 0 Å². The van der Waals surface area contributed by atoms with Gasteiger partial charge in [-0.3, -0.25) is 0 Å². The van der Waals surface area contributed by atoms with Crippen molar-refractivity contribution in [3.63, 3.8) is 0 Å². The number of aliphatic hydroxyl groups excluding tert-OH is 1. The topological polar surface area (TPSA) is 214 Å². The molecule has 4 rings (SSSR count). The van der Waals surface area contributed by atoms with Gasteiger partial charge in [0, 0.05) is 35.2 Å². The fraction of sp³-hybridized carbons (Fsp3) is 0.208. The summed E-state index contributed by atoms with van der Waals surface area (Å²) in [5.41, 5.74) is 6.11. The molecule has 1 unspecified atom stereocenters. The zero-order valence-corrected chi connectivity index (χ0v) is 19.5. The third-order valence-corrected chi connectivity index (χ3v) is 9.80. The summed E-state index contributed by atoms with van der Waals surface area (Å²) in [7, 11) is -3.07. The lowest BCUT2D eigenvalue weighted by molar-refractivity contribution is 0.0746. The number of aliphatic hydroxyl groups is 1. The van der Waals surface area contributed by atoms with E-state index in [9.17, 15) is 45.6 Å². The zero-order chi connectivity index (χ0) is 26.4. The Morgan fingerprint density at radius 3 is 2.17 bits per heavy atom. The van der Waals surface area contributed by atoms with Crippen molar-refractivity contribution in [3.05, 3.63) is 59.2 Å². The first-order valence-electron chi connectivity index (χ1n) is 10.7. The standard InChI is InChI=1S/C24H25NO10S/c25-3-4-36(35-24(34)12-6-18(30)22(33)19(31)7-12)21-9-13(26)8-16(28)14(21)10-20(32)23(36)11-1-2-15(27)17(29)5-11/h1-2,5-9,20,23,26-33H,3-4,10,25H2/t20-,23-/m0/s1. The molecule has 0 amide bonds. The molecule has 192 valence electrons. The van der Waals surface area contributed by atoms with Gasteiger partial charge in [-0.15, -0.1) is 0 Å². The van der Waals surface area contributed by atoms with Gasteiger partial charge >= 0.3 is 5.97 Å². The maximum atomic E-state index is 13.4. The highest BCUT2D eigenvalue weighted by atomic mass is 32.3. The molecule has 0 radical (unpaired) electrons. The molecule has 12 heteroatoms. The van der Waals surface area contributed by atoms with E-state index in [1.165, 1.54) is 24.3 Å². The van der Waals surface area contributed by atoms with Gasteiger partial charge in [0.15, 0.2) is 28.7 Å². The summed E-state index contributed by atoms with van der Waals surface area (Å²) >= 11 is 0. The number of benzene rings is 3. The van der Waals surface area contributed by atoms with Crippen LogP contribution in [0.25, 0.3) is 0 Å². The highest BCUT2D eigenvalue weighted by Gasteiger charge is 2.49. The second-order valence-corrected chi connectivity index (χ2v) is 11.3. The molecule has 0 aliphatic carbocycles. The number of hydrogen-bond donors (Lipinski definition) is 9. The Labute approximate surface area is 206 Å². The molecular formula is C24H25NO10S. The van der Waals surface area contributed by atoms with Gasteiger partial charge in [-0.05, 0) is 35.9 Å². The zero-order valence-electron chi connectivity index (χ0n) is 18.7. The van der Waals surface area contributed by atoms with Crippen LogP contribution in [-0.2, 0) is 10.6 Å². The summed E-state index contributed by atoms with van der Waals surface area (Å²) in [5, 5.41) is 80.4. The van der Waals surface area contributed by atoms with Gasteiger partial charge in [-0.2, -0.15) is 0 Å². The Morgan fingerprint density at radius 2 is 1.56 bits per heavy atom. The molecule has 10 N–H and O–H groups in total. The molecule has 1 aliphatic rings. The number of rotatable bonds is 5. The average Bonchev–Trinajstić information content (AvgIpc) is 2.80. The molecule has 0 bridgehead atoms. The minimum Gasteiger partial charge on any atom is -0.508 e. The number of phenols is 7. The van der Waals surface area contributed by atoms with E-state index in [4.69, 9.17) is 9.92 Å². The smallest absolute Gasteiger partial charge is 0.349 e. The van der Waals surface area contributed by atoms with Crippen LogP contribution >= 0.6 is 10.3 Å². The second-order valence-electron chi connectivity index (χ2n) is 8.33. The van der Waals surface area contributed by atoms with Crippen molar-refractivity contribution in [1.29, 1.82) is 0 Å². The van der Waals surface area contributed by atoms with Crippen molar-refractivity contribution < 1.29 is 49.8 Å². The lowest BCUT2D eigenvalue weighted by Gasteiger charge is -2.51. The van der Waals surface area contributed by atoms with Crippen LogP contribution in [0, 0.1) is 0 Å². The molecule has 3 aromatic rings. The van der Waals surface area contributed by atoms with Gasteiger partial charge in [0.1, 0.15) is 11.5 Å². The summed E-state index contributed by atoms with van der Waals surface area (Å²) in [6.07, 6.45) is -1.35. The number of carbonyl (C=O) groups excluding carboxylic acids is 1. The number of aromatic hydroxyl groups is 7. The molecule has 11 nitrogen and oxygen atoms in total. The number of carbonyl (C=O) groups is 1. The molecule has 0 fully saturated rings. The Hall–Kier alpha value is -4.00. The number of fused-ring (bicyclic) bond motifs is 1. The fourth-order valence-corrected chi connectivity index (χ4v) is 8.31. The van der Waals surface area contributed by atoms with Crippen LogP contribution in [0.5, 0.6) is 40.2 Å². The summed E-state index contributed by atoms with van der Waals surface area (Å²) in [6.45, 7) is -0.0577. The van der Waals surface area contributed by atoms with Crippen molar-refractivity contribution >= 4 is 16.3 Å². The van der Waals surface area contributed by atoms with Crippen LogP contribution in [0.15, 0.2) is 47.4 Å². The number of nitrogens with two attached hydrogens (primary N) is 1. The monoisotopic (exact) mass is 519 g/mol. The van der Waals surface area contributed by atoms with Crippen molar-refractivity contribution in [1.82, 2.24) is 0 Å². The average molecular weight is 520 g/mol. The Morgan fingerprint density at radius 1 is 0.889 bits per heavy atom. The van der Waals surface area contributed by atoms with Crippen molar-refractivity contribution in [2.45, 2.75) is 22.7 Å². The molecule has 1 aliphatic heterocycles. The van der Waals surface area contributed by atoms with E-state index in [1.54, 1.807) is 0 Å². The van der Waals surface area contributed by atoms with E-state index in [1.807, 2.05) is 0 Å². The van der Waals surface area contributed by atoms with E-state index in [0.29, 0.717) is 5.56 Å². The Balaban J connectivity index is 1.96. The van der Waals surface area contributed by atoms with Crippen LogP contribution in [-0.4, -0.2) is 65.2 Å². The van der Waals surface area contributed by atoms with Crippen molar-refractivity contribution in [2.24, 2.45) is 5.73 Å². The van der Waals surface area contributed by atoms with Crippen LogP contribution in [0.2, 0.25) is 0 Å². The lowest BCUT2D eigenvalue weighted by Crippen LogP contribution is -2.36. The van der Waals surface area contributed by atoms with Crippen LogP contribution in [0.4, 0.5) is 0 Å². The highest BCUT2D eigenvalue weighted by Crippen LogP contribution is 2.72. The fourth-order valence-electron chi connectivity index (χ4n) is 4.45. The number of phenolic OH excluding ortho intramolecular Hbond substituents is 7. The van der Waals surface area contributed by atoms with Gasteiger partial charge in [0.2, 0.25) is 0 Å². The van der Waals surface area contributed by atoms with Crippen LogP contribution in [0.3, 0.4) is 0 Å². The first-order chi connectivity index (χ1) is 17.0. The quantitative estimate of drug-likeness (QED) is 0.223. The Kier molecular flexibility index (Phi) is 6.43. The van der Waals surface area contributed by atoms with E-state index in [2.05, 4.69) is 0 Å². The minimum absolute atomic E-state index is 0.0476. The second kappa shape index (κ2) is 9.22. The third kappa shape index (κ3) is 4.15. The van der Waals surface area contributed by atoms with Gasteiger partial charge < -0.3 is 50.8 Å². The maximum absolute atomic E-state index is 13.4. The number of hydrogen-bond acceptors (Lipinski definition) is 11. The van der Waals surface area contributed by atoms with E-state index in [-0.39, 0.29) is 46.2 Å². The molecule has 0 saturated carbocycles. The molecule has 0 saturated heterocycles. The lowest BCUT2D eigenvalue weighted by atomic mass is 9.98. The van der Waals surface area contributed by atoms with Crippen LogP contribution < -0.4 is 5.73 Å². The molecule has 1 heterocycles. The predicted octanol–water partition coefficient (Wildman–Crippen LogP) is 2.18. The van der Waals surface area contributed by atoms with E-state index < -0.39 is 56.4 Å². The summed E-state index contributed by atoms with van der Waals surface area (Å²) < 4.78 is 6.03. The van der Waals surface area contributed by atoms with E-state index >= 15 is 0 Å². The van der Waals surface area contributed by atoms with Gasteiger partial charge in [-0.1, -0.05) is 16.4 Å². The van der Waals surface area contributed by atoms with Gasteiger partial charge in [-0.25, -0.2) is 4.79 Å². The van der Waals surface area contributed by atoms with Crippen LogP contribution in [0.1, 0.15) is 26.7 Å². The minimum atomic E-state index is -3.07. The molecular weight excluding hydrogens is 494 g/mol. The van der Waals surface area contributed by atoms with Gasteiger partial charge in [0.05, 0.1) is 16.9 Å². The molecule has 36 heavy (non-hydrogen) atoms. The highest BCUT2D eigenvalue weighted by molar-refractivity contribution is 8.30. The third-order valence-electron chi connectivity index (χ3n) is 5.99. The normalized spacial score (nSPS) is 22.8. The van der Waals surface area contributed by atoms with E-state index in [0.717, 1.165) is 18.2 Å². The maximum Gasteiger partial charge on any atom is 0.349 e. The first kappa shape index (κ1) is 25.1. The van der Waals surface area contributed by atoms with Crippen molar-refractivity contribution in [2.75, 3.05) is 12.3 Å². The van der Waals surface area contributed by atoms with Crippen molar-refractivity contribution in [3.8, 4) is 40.2 Å².